The molecule has 0 saturated heterocycles. The molecule has 0 amide bonds. The number of ether oxygens (including phenoxy) is 1. The molecule has 2 heteroatoms. The average molecular weight is 338 g/mol. The monoisotopic (exact) mass is 338 g/mol. The maximum atomic E-state index is 12.0. The van der Waals surface area contributed by atoms with Crippen LogP contribution in [0.1, 0.15) is 51.9 Å². The van der Waals surface area contributed by atoms with E-state index in [-0.39, 0.29) is 11.0 Å². The van der Waals surface area contributed by atoms with E-state index < -0.39 is 0 Å². The minimum atomic E-state index is -0.0130. The van der Waals surface area contributed by atoms with Gasteiger partial charge in [-0.2, -0.15) is 0 Å². The third-order valence-electron chi connectivity index (χ3n) is 8.64. The Labute approximate surface area is 151 Å². The van der Waals surface area contributed by atoms with Crippen LogP contribution in [0, 0.1) is 35.0 Å². The van der Waals surface area contributed by atoms with Gasteiger partial charge in [0, 0.05) is 18.3 Å². The van der Waals surface area contributed by atoms with Crippen LogP contribution in [0.25, 0.3) is 0 Å². The van der Waals surface area contributed by atoms with Crippen molar-refractivity contribution >= 4 is 5.78 Å². The number of carbonyl (C=O) groups is 1. The molecule has 0 bridgehead atoms. The molecular formula is C23H30O2. The van der Waals surface area contributed by atoms with Crippen molar-refractivity contribution in [1.29, 1.82) is 0 Å². The fourth-order valence-electron chi connectivity index (χ4n) is 7.48. The van der Waals surface area contributed by atoms with Gasteiger partial charge in [0.2, 0.25) is 0 Å². The van der Waals surface area contributed by atoms with E-state index in [0.717, 1.165) is 25.4 Å². The zero-order valence-corrected chi connectivity index (χ0v) is 15.4. The first-order valence-corrected chi connectivity index (χ1v) is 10.2. The zero-order chi connectivity index (χ0) is 17.2. The van der Waals surface area contributed by atoms with Crippen LogP contribution in [-0.4, -0.2) is 18.0 Å². The van der Waals surface area contributed by atoms with E-state index in [1.165, 1.54) is 31.3 Å². The van der Waals surface area contributed by atoms with Crippen molar-refractivity contribution in [2.45, 2.75) is 57.5 Å². The summed E-state index contributed by atoms with van der Waals surface area (Å²) in [6, 6.07) is 0. The van der Waals surface area contributed by atoms with Gasteiger partial charge < -0.3 is 4.74 Å². The van der Waals surface area contributed by atoms with Crippen LogP contribution in [0.3, 0.4) is 0 Å². The summed E-state index contributed by atoms with van der Waals surface area (Å²) >= 11 is 0. The lowest BCUT2D eigenvalue weighted by molar-refractivity contribution is -0.123. The first-order valence-electron chi connectivity index (χ1n) is 10.2. The van der Waals surface area contributed by atoms with E-state index >= 15 is 0 Å². The molecule has 1 spiro atoms. The molecule has 4 aliphatic carbocycles. The van der Waals surface area contributed by atoms with E-state index in [1.807, 2.05) is 0 Å². The molecule has 0 N–H and O–H groups in total. The van der Waals surface area contributed by atoms with Gasteiger partial charge in [-0.25, -0.2) is 0 Å². The van der Waals surface area contributed by atoms with Crippen LogP contribution in [0.5, 0.6) is 0 Å². The molecular weight excluding hydrogens is 308 g/mol. The number of carbonyl (C=O) groups excluding carboxylic acids is 1. The van der Waals surface area contributed by atoms with Crippen molar-refractivity contribution in [2.24, 2.45) is 35.0 Å². The van der Waals surface area contributed by atoms with Crippen LogP contribution in [-0.2, 0) is 9.53 Å². The second kappa shape index (κ2) is 5.42. The Balaban J connectivity index is 1.54. The second-order valence-electron chi connectivity index (χ2n) is 9.36. The van der Waals surface area contributed by atoms with Crippen LogP contribution < -0.4 is 0 Å². The summed E-state index contributed by atoms with van der Waals surface area (Å²) in [7, 11) is 0. The predicted octanol–water partition coefficient (Wildman–Crippen LogP) is 4.87. The summed E-state index contributed by atoms with van der Waals surface area (Å²) in [6.45, 7) is 7.47. The summed E-state index contributed by atoms with van der Waals surface area (Å²) in [6.07, 6.45) is 16.8. The van der Waals surface area contributed by atoms with Crippen molar-refractivity contribution < 1.29 is 9.53 Å². The van der Waals surface area contributed by atoms with Crippen LogP contribution in [0.2, 0.25) is 0 Å². The Morgan fingerprint density at radius 3 is 2.92 bits per heavy atom. The van der Waals surface area contributed by atoms with E-state index in [0.29, 0.717) is 35.9 Å². The van der Waals surface area contributed by atoms with Gasteiger partial charge in [0.25, 0.3) is 0 Å². The maximum Gasteiger partial charge on any atom is 0.136 e. The molecule has 1 aliphatic heterocycles. The smallest absolute Gasteiger partial charge is 0.136 e. The van der Waals surface area contributed by atoms with E-state index in [9.17, 15) is 4.79 Å². The average Bonchev–Trinajstić information content (AvgIpc) is 3.20. The normalized spacial score (nSPS) is 51.0. The van der Waals surface area contributed by atoms with Crippen molar-refractivity contribution in [3.8, 4) is 0 Å². The first kappa shape index (κ1) is 16.1. The van der Waals surface area contributed by atoms with Gasteiger partial charge in [0.15, 0.2) is 0 Å². The molecule has 0 unspecified atom stereocenters. The van der Waals surface area contributed by atoms with Gasteiger partial charge in [0.1, 0.15) is 5.78 Å². The molecule has 134 valence electrons. The number of Topliss-reactive ketones (excluding diaryl/α,β-unsaturated/α-hetero) is 1. The lowest BCUT2D eigenvalue weighted by Gasteiger charge is -2.56. The number of fused-ring (bicyclic) bond motifs is 6. The highest BCUT2D eigenvalue weighted by molar-refractivity contribution is 5.82. The molecule has 5 aliphatic rings. The third-order valence-corrected chi connectivity index (χ3v) is 8.64. The Bertz CT molecular complexity index is 674. The molecule has 0 aromatic rings. The summed E-state index contributed by atoms with van der Waals surface area (Å²) in [5, 5.41) is 0. The predicted molar refractivity (Wildman–Crippen MR) is 99.0 cm³/mol. The molecule has 1 heterocycles. The Hall–Kier alpha value is -1.15. The quantitative estimate of drug-likeness (QED) is 0.638. The van der Waals surface area contributed by atoms with Crippen molar-refractivity contribution in [3.05, 3.63) is 36.5 Å². The zero-order valence-electron chi connectivity index (χ0n) is 15.4. The summed E-state index contributed by atoms with van der Waals surface area (Å²) in [5.74, 6) is 3.68. The summed E-state index contributed by atoms with van der Waals surface area (Å²) in [4.78, 5) is 12.0. The largest absolute Gasteiger partial charge is 0.366 e. The van der Waals surface area contributed by atoms with Gasteiger partial charge >= 0.3 is 0 Å². The van der Waals surface area contributed by atoms with Gasteiger partial charge in [-0.15, -0.1) is 6.58 Å². The molecule has 5 rings (SSSR count). The molecule has 0 radical (unpaired) electrons. The van der Waals surface area contributed by atoms with Gasteiger partial charge in [-0.05, 0) is 61.7 Å². The van der Waals surface area contributed by atoms with E-state index in [4.69, 9.17) is 4.74 Å². The second-order valence-corrected chi connectivity index (χ2v) is 9.36. The van der Waals surface area contributed by atoms with E-state index in [2.05, 4.69) is 37.8 Å². The molecule has 7 atom stereocenters. The number of hydrogen-bond donors (Lipinski definition) is 0. The first-order chi connectivity index (χ1) is 12.1. The minimum absolute atomic E-state index is 0.0130. The molecule has 2 nitrogen and oxygen atoms in total. The molecule has 0 aromatic heterocycles. The fourth-order valence-corrected chi connectivity index (χ4v) is 7.48. The highest BCUT2D eigenvalue weighted by atomic mass is 16.5. The van der Waals surface area contributed by atoms with Crippen molar-refractivity contribution in [2.75, 3.05) is 6.61 Å². The van der Waals surface area contributed by atoms with Crippen LogP contribution >= 0.6 is 0 Å². The van der Waals surface area contributed by atoms with Gasteiger partial charge in [-0.3, -0.25) is 4.79 Å². The maximum absolute atomic E-state index is 12.0. The van der Waals surface area contributed by atoms with Crippen LogP contribution in [0.4, 0.5) is 0 Å². The summed E-state index contributed by atoms with van der Waals surface area (Å²) < 4.78 is 6.35. The Kier molecular flexibility index (Phi) is 3.48. The van der Waals surface area contributed by atoms with Gasteiger partial charge in [0.05, 0.1) is 12.2 Å². The molecule has 0 aromatic carbocycles. The third kappa shape index (κ3) is 2.04. The molecule has 3 saturated carbocycles. The SMILES string of the molecule is C=C[C@@H]1C=C2CC(=O)CC[C@@H]2[C@H]2CC[C@@]3(C)[C@@H](CC[C@@]34C=CCO4)[C@H]12. The minimum Gasteiger partial charge on any atom is -0.366 e. The number of allylic oxidation sites excluding steroid dienone is 3. The molecule has 25 heavy (non-hydrogen) atoms. The number of rotatable bonds is 1. The lowest BCUT2D eigenvalue weighted by atomic mass is 9.49. The van der Waals surface area contributed by atoms with Crippen molar-refractivity contribution in [1.82, 2.24) is 0 Å². The highest BCUT2D eigenvalue weighted by Gasteiger charge is 2.64. The lowest BCUT2D eigenvalue weighted by Crippen LogP contribution is -2.53. The highest BCUT2D eigenvalue weighted by Crippen LogP contribution is 2.67. The van der Waals surface area contributed by atoms with Crippen molar-refractivity contribution in [3.63, 3.8) is 0 Å². The Morgan fingerprint density at radius 1 is 1.28 bits per heavy atom. The fraction of sp³-hybridized carbons (Fsp3) is 0.696. The summed E-state index contributed by atoms with van der Waals surface area (Å²) in [5.41, 5.74) is 1.69. The van der Waals surface area contributed by atoms with Gasteiger partial charge in [-0.1, -0.05) is 36.8 Å². The molecule has 3 fully saturated rings. The topological polar surface area (TPSA) is 26.3 Å². The standard InChI is InChI=1S/C23H30O2/c1-3-15-13-16-14-17(24)5-6-18(16)19-7-10-22(2)20(21(15)19)8-11-23(22)9-4-12-25-23/h3-4,9,13,15,18-21H,1,5-8,10-12,14H2,2H3/t15-,18+,19-,20+,21-,22+,23+/m1/s1. The number of ketones is 1. The number of hydrogen-bond acceptors (Lipinski definition) is 2. The Morgan fingerprint density at radius 2 is 2.16 bits per heavy atom. The van der Waals surface area contributed by atoms with Crippen LogP contribution in [0.15, 0.2) is 36.5 Å². The van der Waals surface area contributed by atoms with E-state index in [1.54, 1.807) is 0 Å².